The van der Waals surface area contributed by atoms with Crippen LogP contribution in [0, 0.1) is 0 Å². The van der Waals surface area contributed by atoms with E-state index in [2.05, 4.69) is 10.1 Å². The standard InChI is InChI=1S/C4H6NO3/c1-4(7)5-2-8-3-6/h2H2,1H3,(H,5,7). The third-order valence-corrected chi connectivity index (χ3v) is 0.452. The van der Waals surface area contributed by atoms with Crippen molar-refractivity contribution in [2.75, 3.05) is 6.73 Å². The average Bonchev–Trinajstić information content (AvgIpc) is 1.66. The van der Waals surface area contributed by atoms with Crippen molar-refractivity contribution in [3.8, 4) is 0 Å². The molecule has 0 rings (SSSR count). The van der Waals surface area contributed by atoms with Crippen LogP contribution < -0.4 is 5.32 Å². The lowest BCUT2D eigenvalue weighted by Crippen LogP contribution is -2.22. The van der Waals surface area contributed by atoms with E-state index in [1.54, 1.807) is 0 Å². The number of hydrogen-bond acceptors (Lipinski definition) is 3. The predicted octanol–water partition coefficient (Wildman–Crippen LogP) is -0.836. The first-order chi connectivity index (χ1) is 3.77. The number of nitrogens with one attached hydrogen (secondary N) is 1. The van der Waals surface area contributed by atoms with Gasteiger partial charge in [0.25, 0.3) is 0 Å². The molecule has 0 aromatic carbocycles. The molecule has 0 saturated heterocycles. The summed E-state index contributed by atoms with van der Waals surface area (Å²) in [6, 6.07) is 0. The molecule has 0 aliphatic carbocycles. The molecule has 1 radical (unpaired) electrons. The van der Waals surface area contributed by atoms with E-state index in [1.807, 2.05) is 0 Å². The van der Waals surface area contributed by atoms with Gasteiger partial charge in [0.15, 0.2) is 6.73 Å². The highest BCUT2D eigenvalue weighted by molar-refractivity contribution is 5.72. The van der Waals surface area contributed by atoms with Crippen LogP contribution in [0.3, 0.4) is 0 Å². The van der Waals surface area contributed by atoms with E-state index in [0.717, 1.165) is 6.47 Å². The normalized spacial score (nSPS) is 7.62. The molecule has 0 aromatic heterocycles. The molecule has 0 unspecified atom stereocenters. The Hall–Kier alpha value is -1.06. The molecule has 0 aliphatic heterocycles. The highest BCUT2D eigenvalue weighted by Gasteiger charge is 1.86. The maximum Gasteiger partial charge on any atom is 0.419 e. The molecule has 4 nitrogen and oxygen atoms in total. The molecule has 0 aromatic rings. The fraction of sp³-hybridized carbons (Fsp3) is 0.500. The summed E-state index contributed by atoms with van der Waals surface area (Å²) in [6.45, 7) is 2.39. The number of carbonyl (C=O) groups excluding carboxylic acids is 2. The van der Waals surface area contributed by atoms with Crippen molar-refractivity contribution in [2.45, 2.75) is 6.92 Å². The highest BCUT2D eigenvalue weighted by Crippen LogP contribution is 1.60. The van der Waals surface area contributed by atoms with Crippen molar-refractivity contribution < 1.29 is 14.3 Å². The van der Waals surface area contributed by atoms with Crippen LogP contribution in [0.15, 0.2) is 0 Å². The van der Waals surface area contributed by atoms with Crippen molar-refractivity contribution in [3.63, 3.8) is 0 Å². The quantitative estimate of drug-likeness (QED) is 0.386. The van der Waals surface area contributed by atoms with Crippen LogP contribution >= 0.6 is 0 Å². The van der Waals surface area contributed by atoms with Gasteiger partial charge in [0.2, 0.25) is 5.91 Å². The second-order valence-electron chi connectivity index (χ2n) is 1.10. The number of hydrogen-bond donors (Lipinski definition) is 1. The van der Waals surface area contributed by atoms with Gasteiger partial charge >= 0.3 is 6.47 Å². The molecule has 0 bridgehead atoms. The van der Waals surface area contributed by atoms with Gasteiger partial charge in [-0.25, -0.2) is 4.79 Å². The Morgan fingerprint density at radius 3 is 2.88 bits per heavy atom. The first kappa shape index (κ1) is 6.94. The fourth-order valence-electron chi connectivity index (χ4n) is 0.167. The maximum absolute atomic E-state index is 10.00. The molecule has 0 spiro atoms. The van der Waals surface area contributed by atoms with Crippen LogP contribution in [0.2, 0.25) is 0 Å². The van der Waals surface area contributed by atoms with Gasteiger partial charge in [0, 0.05) is 6.92 Å². The first-order valence-electron chi connectivity index (χ1n) is 2.00. The van der Waals surface area contributed by atoms with E-state index in [0.29, 0.717) is 0 Å². The third kappa shape index (κ3) is 4.94. The Balaban J connectivity index is 2.93. The first-order valence-corrected chi connectivity index (χ1v) is 2.00. The Bertz CT molecular complexity index is 91.3. The molecule has 1 amide bonds. The van der Waals surface area contributed by atoms with Crippen molar-refractivity contribution >= 4 is 12.4 Å². The molecule has 4 heteroatoms. The minimum atomic E-state index is -0.236. The lowest BCUT2D eigenvalue weighted by atomic mass is 10.7. The summed E-state index contributed by atoms with van der Waals surface area (Å²) in [6.07, 6.45) is 0. The van der Waals surface area contributed by atoms with Crippen molar-refractivity contribution in [1.82, 2.24) is 5.32 Å². The molecular weight excluding hydrogens is 110 g/mol. The zero-order valence-electron chi connectivity index (χ0n) is 4.43. The largest absolute Gasteiger partial charge is 0.436 e. The van der Waals surface area contributed by atoms with Crippen LogP contribution in [-0.2, 0) is 14.3 Å². The van der Waals surface area contributed by atoms with E-state index in [9.17, 15) is 9.59 Å². The van der Waals surface area contributed by atoms with Gasteiger partial charge in [-0.05, 0) is 0 Å². The lowest BCUT2D eigenvalue weighted by molar-refractivity contribution is -0.119. The van der Waals surface area contributed by atoms with Gasteiger partial charge in [0.05, 0.1) is 0 Å². The summed E-state index contributed by atoms with van der Waals surface area (Å²) < 4.78 is 4.01. The Morgan fingerprint density at radius 1 is 1.88 bits per heavy atom. The minimum absolute atomic E-state index is 0.0984. The number of ether oxygens (including phenoxy) is 1. The Labute approximate surface area is 46.8 Å². The Kier molecular flexibility index (Phi) is 3.56. The molecule has 0 atom stereocenters. The summed E-state index contributed by atoms with van der Waals surface area (Å²) in [7, 11) is 0. The summed E-state index contributed by atoms with van der Waals surface area (Å²) in [5.74, 6) is -0.236. The highest BCUT2D eigenvalue weighted by atomic mass is 16.5. The van der Waals surface area contributed by atoms with E-state index >= 15 is 0 Å². The number of amides is 1. The van der Waals surface area contributed by atoms with Crippen LogP contribution in [0.4, 0.5) is 0 Å². The van der Waals surface area contributed by atoms with Crippen molar-refractivity contribution in [3.05, 3.63) is 0 Å². The second kappa shape index (κ2) is 4.11. The molecule has 0 saturated carbocycles. The van der Waals surface area contributed by atoms with E-state index < -0.39 is 0 Å². The zero-order chi connectivity index (χ0) is 6.41. The van der Waals surface area contributed by atoms with Gasteiger partial charge in [0.1, 0.15) is 0 Å². The van der Waals surface area contributed by atoms with Crippen molar-refractivity contribution in [2.24, 2.45) is 0 Å². The molecular formula is C4H6NO3. The van der Waals surface area contributed by atoms with Crippen LogP contribution in [0.1, 0.15) is 6.92 Å². The van der Waals surface area contributed by atoms with Gasteiger partial charge in [-0.2, -0.15) is 0 Å². The second-order valence-corrected chi connectivity index (χ2v) is 1.10. The predicted molar refractivity (Wildman–Crippen MR) is 25.5 cm³/mol. The van der Waals surface area contributed by atoms with Crippen LogP contribution in [0.5, 0.6) is 0 Å². The van der Waals surface area contributed by atoms with Gasteiger partial charge in [-0.1, -0.05) is 0 Å². The van der Waals surface area contributed by atoms with Crippen molar-refractivity contribution in [1.29, 1.82) is 0 Å². The van der Waals surface area contributed by atoms with E-state index in [4.69, 9.17) is 0 Å². The maximum atomic E-state index is 10.00. The van der Waals surface area contributed by atoms with Gasteiger partial charge < -0.3 is 10.1 Å². The topological polar surface area (TPSA) is 55.4 Å². The average molecular weight is 116 g/mol. The number of rotatable bonds is 3. The van der Waals surface area contributed by atoms with E-state index in [1.165, 1.54) is 6.92 Å². The van der Waals surface area contributed by atoms with Gasteiger partial charge in [-0.3, -0.25) is 4.79 Å². The molecule has 45 valence electrons. The lowest BCUT2D eigenvalue weighted by Gasteiger charge is -1.94. The molecule has 0 heterocycles. The summed E-state index contributed by atoms with van der Waals surface area (Å²) in [4.78, 5) is 19.3. The van der Waals surface area contributed by atoms with E-state index in [-0.39, 0.29) is 12.6 Å². The summed E-state index contributed by atoms with van der Waals surface area (Å²) in [5, 5.41) is 2.22. The molecule has 0 fully saturated rings. The molecule has 0 aliphatic rings. The monoisotopic (exact) mass is 116 g/mol. The zero-order valence-corrected chi connectivity index (χ0v) is 4.43. The third-order valence-electron chi connectivity index (χ3n) is 0.452. The number of carbonyl (C=O) groups is 1. The Morgan fingerprint density at radius 2 is 2.50 bits per heavy atom. The SMILES string of the molecule is CC(=O)NCO[C]=O. The minimum Gasteiger partial charge on any atom is -0.436 e. The summed E-state index contributed by atoms with van der Waals surface area (Å²) >= 11 is 0. The molecule has 1 N–H and O–H groups in total. The van der Waals surface area contributed by atoms with Gasteiger partial charge in [-0.15, -0.1) is 0 Å². The smallest absolute Gasteiger partial charge is 0.419 e. The fourth-order valence-corrected chi connectivity index (χ4v) is 0.167. The summed E-state index contributed by atoms with van der Waals surface area (Å²) in [5.41, 5.74) is 0. The molecule has 8 heavy (non-hydrogen) atoms. The van der Waals surface area contributed by atoms with Crippen LogP contribution in [0.25, 0.3) is 0 Å². The van der Waals surface area contributed by atoms with Crippen LogP contribution in [-0.4, -0.2) is 19.1 Å².